The lowest BCUT2D eigenvalue weighted by Crippen LogP contribution is -2.20. The summed E-state index contributed by atoms with van der Waals surface area (Å²) >= 11 is 0. The minimum atomic E-state index is -0.162. The number of hydrogen-bond donors (Lipinski definition) is 1. The summed E-state index contributed by atoms with van der Waals surface area (Å²) in [6.45, 7) is 6.35. The van der Waals surface area contributed by atoms with Gasteiger partial charge in [0, 0.05) is 29.7 Å². The molecule has 6 nitrogen and oxygen atoms in total. The number of nitrogens with one attached hydrogen (secondary N) is 1. The van der Waals surface area contributed by atoms with Gasteiger partial charge in [-0.2, -0.15) is 5.10 Å². The average Bonchev–Trinajstić information content (AvgIpc) is 3.27. The molecule has 0 unspecified atom stereocenters. The Labute approximate surface area is 169 Å². The van der Waals surface area contributed by atoms with E-state index >= 15 is 0 Å². The number of aromatic nitrogens is 4. The van der Waals surface area contributed by atoms with Crippen molar-refractivity contribution in [1.29, 1.82) is 0 Å². The molecule has 0 aliphatic carbocycles. The molecule has 0 saturated carbocycles. The molecule has 4 rings (SSSR count). The van der Waals surface area contributed by atoms with Crippen molar-refractivity contribution in [3.8, 4) is 5.69 Å². The zero-order valence-electron chi connectivity index (χ0n) is 16.8. The first-order valence-corrected chi connectivity index (χ1v) is 9.53. The highest BCUT2D eigenvalue weighted by molar-refractivity contribution is 5.92. The Balaban J connectivity index is 1.45. The van der Waals surface area contributed by atoms with Crippen molar-refractivity contribution in [2.24, 2.45) is 0 Å². The Morgan fingerprint density at radius 1 is 1.10 bits per heavy atom. The molecule has 3 heterocycles. The normalized spacial score (nSPS) is 11.4. The van der Waals surface area contributed by atoms with Gasteiger partial charge in [0.2, 0.25) is 5.91 Å². The SMILES string of the molecule is Cc1nn(-c2ccccc2)c(C)c1C=CC(=O)NCc1cn2cccc(C)c2n1. The van der Waals surface area contributed by atoms with Crippen LogP contribution >= 0.6 is 0 Å². The van der Waals surface area contributed by atoms with E-state index in [0.717, 1.165) is 39.5 Å². The van der Waals surface area contributed by atoms with E-state index in [0.29, 0.717) is 6.54 Å². The smallest absolute Gasteiger partial charge is 0.244 e. The number of rotatable bonds is 5. The Hall–Kier alpha value is -3.67. The van der Waals surface area contributed by atoms with Gasteiger partial charge in [-0.25, -0.2) is 9.67 Å². The van der Waals surface area contributed by atoms with Crippen LogP contribution in [0.15, 0.2) is 60.9 Å². The van der Waals surface area contributed by atoms with Gasteiger partial charge in [0.25, 0.3) is 0 Å². The van der Waals surface area contributed by atoms with E-state index in [1.807, 2.05) is 90.8 Å². The number of hydrogen-bond acceptors (Lipinski definition) is 3. The monoisotopic (exact) mass is 385 g/mol. The number of para-hydroxylation sites is 1. The van der Waals surface area contributed by atoms with Crippen LogP contribution in [0.4, 0.5) is 0 Å². The minimum Gasteiger partial charge on any atom is -0.347 e. The van der Waals surface area contributed by atoms with E-state index in [4.69, 9.17) is 0 Å². The number of aryl methyl sites for hydroxylation is 2. The van der Waals surface area contributed by atoms with Crippen LogP contribution in [-0.4, -0.2) is 25.1 Å². The molecule has 0 spiro atoms. The molecule has 6 heteroatoms. The minimum absolute atomic E-state index is 0.162. The van der Waals surface area contributed by atoms with Gasteiger partial charge in [-0.05, 0) is 50.6 Å². The summed E-state index contributed by atoms with van der Waals surface area (Å²) in [5.74, 6) is -0.162. The van der Waals surface area contributed by atoms with Gasteiger partial charge >= 0.3 is 0 Å². The molecule has 0 aliphatic rings. The molecule has 0 fully saturated rings. The lowest BCUT2D eigenvalue weighted by Gasteiger charge is -2.03. The number of benzene rings is 1. The van der Waals surface area contributed by atoms with Gasteiger partial charge in [0.05, 0.1) is 23.6 Å². The molecule has 4 aromatic rings. The zero-order valence-corrected chi connectivity index (χ0v) is 16.8. The fourth-order valence-electron chi connectivity index (χ4n) is 3.40. The summed E-state index contributed by atoms with van der Waals surface area (Å²) in [7, 11) is 0. The van der Waals surface area contributed by atoms with Crippen molar-refractivity contribution < 1.29 is 4.79 Å². The van der Waals surface area contributed by atoms with Crippen LogP contribution in [0.1, 0.15) is 28.2 Å². The molecule has 146 valence electrons. The number of imidazole rings is 1. The summed E-state index contributed by atoms with van der Waals surface area (Å²) in [6.07, 6.45) is 7.26. The van der Waals surface area contributed by atoms with Crippen LogP contribution < -0.4 is 5.32 Å². The van der Waals surface area contributed by atoms with Crippen LogP contribution in [0, 0.1) is 20.8 Å². The zero-order chi connectivity index (χ0) is 20.4. The van der Waals surface area contributed by atoms with Gasteiger partial charge < -0.3 is 9.72 Å². The quantitative estimate of drug-likeness (QED) is 0.532. The average molecular weight is 385 g/mol. The number of carbonyl (C=O) groups is 1. The van der Waals surface area contributed by atoms with Crippen molar-refractivity contribution in [2.45, 2.75) is 27.3 Å². The summed E-state index contributed by atoms with van der Waals surface area (Å²) in [5.41, 5.74) is 6.66. The maximum Gasteiger partial charge on any atom is 0.244 e. The summed E-state index contributed by atoms with van der Waals surface area (Å²) < 4.78 is 3.86. The van der Waals surface area contributed by atoms with Crippen LogP contribution in [0.2, 0.25) is 0 Å². The lowest BCUT2D eigenvalue weighted by atomic mass is 10.2. The molecule has 1 aromatic carbocycles. The number of amides is 1. The Morgan fingerprint density at radius 2 is 1.90 bits per heavy atom. The fourth-order valence-corrected chi connectivity index (χ4v) is 3.40. The van der Waals surface area contributed by atoms with Crippen molar-refractivity contribution in [3.05, 3.63) is 89.1 Å². The third-order valence-corrected chi connectivity index (χ3v) is 4.92. The number of carbonyl (C=O) groups excluding carboxylic acids is 1. The molecule has 3 aromatic heterocycles. The highest BCUT2D eigenvalue weighted by atomic mass is 16.1. The number of nitrogens with zero attached hydrogens (tertiary/aromatic N) is 4. The third-order valence-electron chi connectivity index (χ3n) is 4.92. The molecule has 0 aliphatic heterocycles. The van der Waals surface area contributed by atoms with E-state index in [2.05, 4.69) is 15.4 Å². The van der Waals surface area contributed by atoms with Crippen LogP contribution in [0.5, 0.6) is 0 Å². The Bertz CT molecular complexity index is 1200. The van der Waals surface area contributed by atoms with Crippen molar-refractivity contribution in [3.63, 3.8) is 0 Å². The van der Waals surface area contributed by atoms with E-state index in [1.54, 1.807) is 6.08 Å². The summed E-state index contributed by atoms with van der Waals surface area (Å²) in [4.78, 5) is 16.9. The third kappa shape index (κ3) is 3.82. The topological polar surface area (TPSA) is 64.2 Å². The second kappa shape index (κ2) is 7.75. The molecular formula is C23H23N5O. The van der Waals surface area contributed by atoms with Crippen molar-refractivity contribution in [1.82, 2.24) is 24.5 Å². The van der Waals surface area contributed by atoms with Gasteiger partial charge in [-0.15, -0.1) is 0 Å². The molecule has 29 heavy (non-hydrogen) atoms. The van der Waals surface area contributed by atoms with E-state index in [-0.39, 0.29) is 5.91 Å². The standard InChI is InChI=1S/C23H23N5O/c1-16-8-7-13-27-15-19(25-23(16)27)14-24-22(29)12-11-21-17(2)26-28(18(21)3)20-9-5-4-6-10-20/h4-13,15H,14H2,1-3H3,(H,24,29). The lowest BCUT2D eigenvalue weighted by molar-refractivity contribution is -0.116. The molecule has 0 bridgehead atoms. The first-order chi connectivity index (χ1) is 14.0. The first kappa shape index (κ1) is 18.7. The highest BCUT2D eigenvalue weighted by Crippen LogP contribution is 2.19. The summed E-state index contributed by atoms with van der Waals surface area (Å²) in [6, 6.07) is 14.0. The predicted octanol–water partition coefficient (Wildman–Crippen LogP) is 3.77. The maximum absolute atomic E-state index is 12.3. The number of pyridine rings is 1. The van der Waals surface area contributed by atoms with Crippen LogP contribution in [-0.2, 0) is 11.3 Å². The largest absolute Gasteiger partial charge is 0.347 e. The number of fused-ring (bicyclic) bond motifs is 1. The van der Waals surface area contributed by atoms with Crippen LogP contribution in [0.3, 0.4) is 0 Å². The van der Waals surface area contributed by atoms with E-state index in [1.165, 1.54) is 0 Å². The second-order valence-corrected chi connectivity index (χ2v) is 7.04. The van der Waals surface area contributed by atoms with E-state index < -0.39 is 0 Å². The van der Waals surface area contributed by atoms with Gasteiger partial charge in [0.1, 0.15) is 5.65 Å². The summed E-state index contributed by atoms with van der Waals surface area (Å²) in [5, 5.41) is 7.50. The Kier molecular flexibility index (Phi) is 4.99. The molecule has 1 amide bonds. The second-order valence-electron chi connectivity index (χ2n) is 7.04. The molecule has 0 radical (unpaired) electrons. The fraction of sp³-hybridized carbons (Fsp3) is 0.174. The van der Waals surface area contributed by atoms with E-state index in [9.17, 15) is 4.79 Å². The maximum atomic E-state index is 12.3. The molecule has 0 atom stereocenters. The van der Waals surface area contributed by atoms with Crippen molar-refractivity contribution in [2.75, 3.05) is 0 Å². The Morgan fingerprint density at radius 3 is 2.66 bits per heavy atom. The van der Waals surface area contributed by atoms with Gasteiger partial charge in [0.15, 0.2) is 0 Å². The predicted molar refractivity (Wildman–Crippen MR) is 114 cm³/mol. The highest BCUT2D eigenvalue weighted by Gasteiger charge is 2.11. The molecule has 0 saturated heterocycles. The van der Waals surface area contributed by atoms with Gasteiger partial charge in [-0.1, -0.05) is 24.3 Å². The van der Waals surface area contributed by atoms with Crippen LogP contribution in [0.25, 0.3) is 17.4 Å². The van der Waals surface area contributed by atoms with Gasteiger partial charge in [-0.3, -0.25) is 4.79 Å². The first-order valence-electron chi connectivity index (χ1n) is 9.53. The van der Waals surface area contributed by atoms with Crippen molar-refractivity contribution >= 4 is 17.6 Å². The molecule has 1 N–H and O–H groups in total. The molecular weight excluding hydrogens is 362 g/mol.